The van der Waals surface area contributed by atoms with Gasteiger partial charge in [-0.25, -0.2) is 0 Å². The van der Waals surface area contributed by atoms with Crippen LogP contribution < -0.4 is 5.43 Å². The van der Waals surface area contributed by atoms with Crippen LogP contribution in [0.2, 0.25) is 0 Å². The van der Waals surface area contributed by atoms with Crippen molar-refractivity contribution >= 4 is 16.3 Å². The summed E-state index contributed by atoms with van der Waals surface area (Å²) in [5.74, 6) is 0.833. The van der Waals surface area contributed by atoms with Crippen LogP contribution >= 0.6 is 11.3 Å². The van der Waals surface area contributed by atoms with Crippen molar-refractivity contribution < 1.29 is 0 Å². The van der Waals surface area contributed by atoms with Crippen LogP contribution in [0.5, 0.6) is 0 Å². The molecule has 0 spiro atoms. The van der Waals surface area contributed by atoms with Gasteiger partial charge in [-0.1, -0.05) is 18.3 Å². The highest BCUT2D eigenvalue weighted by Crippen LogP contribution is 2.24. The maximum atomic E-state index is 11.2. The Morgan fingerprint density at radius 3 is 3.06 bits per heavy atom. The van der Waals surface area contributed by atoms with Crippen LogP contribution in [0.4, 0.5) is 0 Å². The molecule has 1 aliphatic carbocycles. The predicted octanol–water partition coefficient (Wildman–Crippen LogP) is 1.21. The van der Waals surface area contributed by atoms with Crippen molar-refractivity contribution in [1.82, 2.24) is 19.8 Å². The second-order valence-electron chi connectivity index (χ2n) is 3.40. The van der Waals surface area contributed by atoms with Gasteiger partial charge < -0.3 is 0 Å². The fourth-order valence-electron chi connectivity index (χ4n) is 1.55. The van der Waals surface area contributed by atoms with Crippen molar-refractivity contribution in [3.05, 3.63) is 34.2 Å². The highest BCUT2D eigenvalue weighted by atomic mass is 32.1. The van der Waals surface area contributed by atoms with E-state index in [1.54, 1.807) is 16.6 Å². The molecule has 0 fully saturated rings. The van der Waals surface area contributed by atoms with Gasteiger partial charge in [0.05, 0.1) is 4.88 Å². The third-order valence-electron chi connectivity index (χ3n) is 2.33. The summed E-state index contributed by atoms with van der Waals surface area (Å²) in [7, 11) is 0. The Labute approximate surface area is 94.7 Å². The first-order chi connectivity index (χ1) is 7.78. The van der Waals surface area contributed by atoms with Crippen LogP contribution in [-0.2, 0) is 6.42 Å². The predicted molar refractivity (Wildman–Crippen MR) is 60.9 cm³/mol. The summed E-state index contributed by atoms with van der Waals surface area (Å²) in [6.45, 7) is 2.01. The lowest BCUT2D eigenvalue weighted by molar-refractivity contribution is 0.831. The molecule has 0 saturated carbocycles. The van der Waals surface area contributed by atoms with Gasteiger partial charge in [0.15, 0.2) is 11.3 Å². The van der Waals surface area contributed by atoms with E-state index < -0.39 is 0 Å². The summed E-state index contributed by atoms with van der Waals surface area (Å²) in [5.41, 5.74) is 0.789. The molecule has 16 heavy (non-hydrogen) atoms. The van der Waals surface area contributed by atoms with Gasteiger partial charge in [0.1, 0.15) is 5.69 Å². The average molecular weight is 232 g/mol. The van der Waals surface area contributed by atoms with E-state index in [1.807, 2.05) is 6.92 Å². The van der Waals surface area contributed by atoms with Crippen molar-refractivity contribution in [2.75, 3.05) is 0 Å². The number of fused-ring (bicyclic) bond motifs is 2. The Kier molecular flexibility index (Phi) is 1.97. The molecular formula is C10H8N4OS. The summed E-state index contributed by atoms with van der Waals surface area (Å²) in [4.78, 5) is 12.8. The summed E-state index contributed by atoms with van der Waals surface area (Å²) in [6, 6.07) is 4.82. The summed E-state index contributed by atoms with van der Waals surface area (Å²) >= 11 is 1.43. The van der Waals surface area contributed by atoms with Gasteiger partial charge in [-0.3, -0.25) is 4.79 Å². The zero-order valence-corrected chi connectivity index (χ0v) is 9.36. The largest absolute Gasteiger partial charge is 0.290 e. The molecule has 1 aliphatic heterocycles. The first-order valence-corrected chi connectivity index (χ1v) is 5.75. The molecule has 0 bridgehead atoms. The zero-order valence-electron chi connectivity index (χ0n) is 8.54. The summed E-state index contributed by atoms with van der Waals surface area (Å²) in [6.07, 6.45) is 0.784. The van der Waals surface area contributed by atoms with Crippen LogP contribution in [0.1, 0.15) is 12.7 Å². The van der Waals surface area contributed by atoms with E-state index in [-0.39, 0.29) is 5.43 Å². The van der Waals surface area contributed by atoms with Gasteiger partial charge in [-0.05, 0) is 12.1 Å². The first kappa shape index (κ1) is 9.41. The molecule has 0 amide bonds. The van der Waals surface area contributed by atoms with Gasteiger partial charge in [0.25, 0.3) is 0 Å². The number of benzene rings is 1. The molecule has 80 valence electrons. The van der Waals surface area contributed by atoms with E-state index in [4.69, 9.17) is 0 Å². The molecule has 6 heteroatoms. The van der Waals surface area contributed by atoms with Crippen molar-refractivity contribution in [3.63, 3.8) is 0 Å². The van der Waals surface area contributed by atoms with Crippen LogP contribution in [0.15, 0.2) is 23.0 Å². The molecule has 0 radical (unpaired) electrons. The maximum absolute atomic E-state index is 11.2. The minimum absolute atomic E-state index is 0.00914. The van der Waals surface area contributed by atoms with Crippen molar-refractivity contribution in [1.29, 1.82) is 0 Å². The van der Waals surface area contributed by atoms with Crippen molar-refractivity contribution in [3.8, 4) is 10.6 Å². The lowest BCUT2D eigenvalue weighted by Crippen LogP contribution is -2.02. The van der Waals surface area contributed by atoms with Crippen LogP contribution in [0, 0.1) is 0 Å². The Hall–Kier alpha value is -1.82. The Balaban J connectivity index is 2.43. The lowest BCUT2D eigenvalue weighted by Gasteiger charge is -2.02. The average Bonchev–Trinajstić information content (AvgIpc) is 2.68. The van der Waals surface area contributed by atoms with E-state index in [0.717, 1.165) is 27.8 Å². The van der Waals surface area contributed by atoms with E-state index in [2.05, 4.69) is 15.3 Å². The number of hydrogen-bond acceptors (Lipinski definition) is 5. The molecule has 2 aliphatic rings. The minimum atomic E-state index is -0.00914. The fraction of sp³-hybridized carbons (Fsp3) is 0.200. The van der Waals surface area contributed by atoms with E-state index in [9.17, 15) is 4.79 Å². The number of nitrogens with zero attached hydrogens (tertiary/aromatic N) is 4. The number of aryl methyl sites for hydroxylation is 1. The molecule has 0 atom stereocenters. The monoisotopic (exact) mass is 232 g/mol. The van der Waals surface area contributed by atoms with Gasteiger partial charge in [0, 0.05) is 12.5 Å². The summed E-state index contributed by atoms with van der Waals surface area (Å²) in [5, 5.41) is 12.5. The smallest absolute Gasteiger partial charge is 0.233 e. The Morgan fingerprint density at radius 1 is 1.38 bits per heavy atom. The maximum Gasteiger partial charge on any atom is 0.233 e. The molecule has 3 rings (SSSR count). The molecule has 1 aromatic heterocycles. The van der Waals surface area contributed by atoms with Crippen molar-refractivity contribution in [2.24, 2.45) is 0 Å². The fourth-order valence-corrected chi connectivity index (χ4v) is 2.44. The van der Waals surface area contributed by atoms with E-state index >= 15 is 0 Å². The van der Waals surface area contributed by atoms with Gasteiger partial charge in [-0.2, -0.15) is 9.61 Å². The molecular weight excluding hydrogens is 224 g/mol. The molecule has 0 unspecified atom stereocenters. The minimum Gasteiger partial charge on any atom is -0.290 e. The summed E-state index contributed by atoms with van der Waals surface area (Å²) < 4.78 is 1.73. The van der Waals surface area contributed by atoms with E-state index in [1.165, 1.54) is 17.4 Å². The standard InChI is InChI=1S/C10H8N4OS/c1-2-9-11-12-10-14(9)13-7-4-3-6(15)5-8(7)16-10/h3-5H,2H2,1H3. The first-order valence-electron chi connectivity index (χ1n) is 4.93. The normalized spacial score (nSPS) is 11.3. The Morgan fingerprint density at radius 2 is 2.25 bits per heavy atom. The third-order valence-corrected chi connectivity index (χ3v) is 3.32. The SMILES string of the molecule is CCc1nnc2sc3cc(=O)ccc-3nn12. The molecule has 0 aromatic carbocycles. The van der Waals surface area contributed by atoms with E-state index in [0.29, 0.717) is 0 Å². The lowest BCUT2D eigenvalue weighted by atomic mass is 10.2. The second-order valence-corrected chi connectivity index (χ2v) is 4.40. The zero-order chi connectivity index (χ0) is 11.1. The Bertz CT molecular complexity index is 687. The molecule has 1 aromatic rings. The molecule has 0 N–H and O–H groups in total. The van der Waals surface area contributed by atoms with Gasteiger partial charge in [-0.15, -0.1) is 10.2 Å². The van der Waals surface area contributed by atoms with Crippen LogP contribution in [0.25, 0.3) is 15.5 Å². The second kappa shape index (κ2) is 3.34. The highest BCUT2D eigenvalue weighted by Gasteiger charge is 2.11. The van der Waals surface area contributed by atoms with Gasteiger partial charge in [0.2, 0.25) is 4.96 Å². The molecule has 5 nitrogen and oxygen atoms in total. The highest BCUT2D eigenvalue weighted by molar-refractivity contribution is 7.19. The topological polar surface area (TPSA) is 60.2 Å². The van der Waals surface area contributed by atoms with Crippen LogP contribution in [0.3, 0.4) is 0 Å². The number of rotatable bonds is 1. The van der Waals surface area contributed by atoms with Crippen molar-refractivity contribution in [2.45, 2.75) is 13.3 Å². The third kappa shape index (κ3) is 1.30. The molecule has 2 heterocycles. The quantitative estimate of drug-likeness (QED) is 0.632. The number of hydrogen-bond donors (Lipinski definition) is 0. The number of aromatic nitrogens is 4. The van der Waals surface area contributed by atoms with Crippen LogP contribution in [-0.4, -0.2) is 19.8 Å². The van der Waals surface area contributed by atoms with Gasteiger partial charge >= 0.3 is 0 Å². The molecule has 0 saturated heterocycles.